The fraction of sp³-hybridized carbons (Fsp3) is 0.417. The Bertz CT molecular complexity index is 1440. The van der Waals surface area contributed by atoms with Crippen molar-refractivity contribution in [1.29, 1.82) is 0 Å². The van der Waals surface area contributed by atoms with Crippen LogP contribution in [0, 0.1) is 0 Å². The highest BCUT2D eigenvalue weighted by Gasteiger charge is 2.77. The monoisotopic (exact) mass is 607 g/mol. The first kappa shape index (κ1) is 29.5. The number of halogens is 4. The number of nitrogens with zero attached hydrogens (tertiary/aromatic N) is 3. The number of benzene rings is 1. The van der Waals surface area contributed by atoms with E-state index in [0.717, 1.165) is 4.31 Å². The third-order valence-electron chi connectivity index (χ3n) is 7.28. The number of morpholine rings is 1. The number of sulfonamides is 1. The normalized spacial score (nSPS) is 23.9. The van der Waals surface area contributed by atoms with E-state index in [1.54, 1.807) is 30.3 Å². The molecule has 15 heteroatoms. The summed E-state index contributed by atoms with van der Waals surface area (Å²) in [6.07, 6.45) is -4.68. The minimum atomic E-state index is -4.74. The molecule has 1 saturated carbocycles. The SMILES string of the molecule is CN(C1(C(=O)O)CC1(CN1CCOCC1)c1ccccc1)S(=O)(=O)c1ccc(-c2cc(C(F)(F)F)on2)s1.Cl. The molecule has 5 rings (SSSR count). The van der Waals surface area contributed by atoms with Crippen LogP contribution in [0.15, 0.2) is 57.3 Å². The second kappa shape index (κ2) is 10.5. The molecule has 2 aliphatic rings. The number of alkyl halides is 3. The van der Waals surface area contributed by atoms with E-state index in [2.05, 4.69) is 14.6 Å². The van der Waals surface area contributed by atoms with Crippen LogP contribution >= 0.6 is 23.7 Å². The van der Waals surface area contributed by atoms with Crippen molar-refractivity contribution in [3.8, 4) is 10.6 Å². The molecule has 1 aliphatic carbocycles. The predicted octanol–water partition coefficient (Wildman–Crippen LogP) is 3.96. The number of rotatable bonds is 8. The summed E-state index contributed by atoms with van der Waals surface area (Å²) >= 11 is 0.693. The summed E-state index contributed by atoms with van der Waals surface area (Å²) in [5, 5.41) is 13.9. The largest absolute Gasteiger partial charge is 0.480 e. The van der Waals surface area contributed by atoms with Crippen LogP contribution < -0.4 is 0 Å². The highest BCUT2D eigenvalue weighted by atomic mass is 35.5. The van der Waals surface area contributed by atoms with E-state index >= 15 is 0 Å². The van der Waals surface area contributed by atoms with Gasteiger partial charge in [-0.25, -0.2) is 8.42 Å². The maximum absolute atomic E-state index is 13.8. The Kier molecular flexibility index (Phi) is 7.93. The standard InChI is InChI=1S/C24H24F3N3O6S2.ClH/c1-29(38(33,34)20-8-7-18(37-20)17-13-19(36-28-17)24(25,26)27)23(21(31)32)14-22(23,16-5-3-2-4-6-16)15-30-9-11-35-12-10-30;/h2-8,13H,9-12,14-15H2,1H3,(H,31,32);1H. The van der Waals surface area contributed by atoms with Crippen LogP contribution in [-0.2, 0) is 31.1 Å². The molecular formula is C24H25ClF3N3O6S2. The van der Waals surface area contributed by atoms with Gasteiger partial charge >= 0.3 is 12.1 Å². The van der Waals surface area contributed by atoms with E-state index in [9.17, 15) is 31.5 Å². The van der Waals surface area contributed by atoms with E-state index in [4.69, 9.17) is 4.74 Å². The number of aromatic nitrogens is 1. The van der Waals surface area contributed by atoms with Crippen LogP contribution in [0.3, 0.4) is 0 Å². The third kappa shape index (κ3) is 4.98. The molecule has 212 valence electrons. The van der Waals surface area contributed by atoms with Crippen LogP contribution in [0.2, 0.25) is 0 Å². The molecule has 1 N–H and O–H groups in total. The van der Waals surface area contributed by atoms with Crippen LogP contribution in [0.4, 0.5) is 13.2 Å². The molecule has 0 radical (unpaired) electrons. The average molecular weight is 608 g/mol. The maximum atomic E-state index is 13.8. The van der Waals surface area contributed by atoms with E-state index < -0.39 is 38.9 Å². The van der Waals surface area contributed by atoms with Crippen molar-refractivity contribution in [2.24, 2.45) is 0 Å². The molecule has 1 saturated heterocycles. The number of likely N-dealkylation sites (N-methyl/N-ethyl adjacent to an activating group) is 1. The van der Waals surface area contributed by atoms with E-state index in [1.807, 2.05) is 0 Å². The Labute approximate surface area is 232 Å². The average Bonchev–Trinajstić information content (AvgIpc) is 3.24. The van der Waals surface area contributed by atoms with Crippen LogP contribution in [0.5, 0.6) is 0 Å². The summed E-state index contributed by atoms with van der Waals surface area (Å²) in [4.78, 5) is 15.1. The summed E-state index contributed by atoms with van der Waals surface area (Å²) in [6.45, 7) is 2.49. The van der Waals surface area contributed by atoms with Crippen molar-refractivity contribution in [2.75, 3.05) is 39.9 Å². The second-order valence-electron chi connectivity index (χ2n) is 9.34. The van der Waals surface area contributed by atoms with Gasteiger partial charge in [-0.05, 0) is 24.1 Å². The molecule has 3 aromatic rings. The predicted molar refractivity (Wildman–Crippen MR) is 137 cm³/mol. The molecular weight excluding hydrogens is 583 g/mol. The topological polar surface area (TPSA) is 113 Å². The summed E-state index contributed by atoms with van der Waals surface area (Å²) in [5.74, 6) is -2.58. The lowest BCUT2D eigenvalue weighted by Crippen LogP contribution is -2.53. The van der Waals surface area contributed by atoms with E-state index in [1.165, 1.54) is 19.2 Å². The van der Waals surface area contributed by atoms with Gasteiger partial charge < -0.3 is 14.4 Å². The molecule has 0 spiro atoms. The molecule has 3 heterocycles. The van der Waals surface area contributed by atoms with Crippen molar-refractivity contribution in [2.45, 2.75) is 27.8 Å². The van der Waals surface area contributed by atoms with Gasteiger partial charge in [-0.15, -0.1) is 23.7 Å². The lowest BCUT2D eigenvalue weighted by Gasteiger charge is -2.35. The molecule has 1 aliphatic heterocycles. The second-order valence-corrected chi connectivity index (χ2v) is 12.6. The number of aliphatic carboxylic acids is 1. The zero-order chi connectivity index (χ0) is 27.3. The molecule has 39 heavy (non-hydrogen) atoms. The van der Waals surface area contributed by atoms with E-state index in [-0.39, 0.29) is 33.6 Å². The summed E-state index contributed by atoms with van der Waals surface area (Å²) in [7, 11) is -3.12. The van der Waals surface area contributed by atoms with Crippen molar-refractivity contribution in [1.82, 2.24) is 14.4 Å². The summed E-state index contributed by atoms with van der Waals surface area (Å²) < 4.78 is 76.7. The van der Waals surface area contributed by atoms with Crippen molar-refractivity contribution < 1.29 is 40.8 Å². The Morgan fingerprint density at radius 3 is 2.44 bits per heavy atom. The minimum absolute atomic E-state index is 0. The number of thiophene rings is 1. The smallest absolute Gasteiger partial charge is 0.452 e. The Balaban J connectivity index is 0.00000353. The molecule has 2 aromatic heterocycles. The number of hydrogen-bond donors (Lipinski definition) is 1. The third-order valence-corrected chi connectivity index (χ3v) is 10.7. The number of carboxylic acid groups (broad SMARTS) is 1. The zero-order valence-electron chi connectivity index (χ0n) is 20.6. The van der Waals surface area contributed by atoms with Crippen LogP contribution in [0.1, 0.15) is 17.7 Å². The van der Waals surface area contributed by atoms with Gasteiger partial charge in [0.1, 0.15) is 15.4 Å². The first-order valence-electron chi connectivity index (χ1n) is 11.6. The molecule has 1 aromatic carbocycles. The van der Waals surface area contributed by atoms with Gasteiger partial charge in [-0.1, -0.05) is 35.5 Å². The van der Waals surface area contributed by atoms with E-state index in [0.29, 0.717) is 55.8 Å². The Hall–Kier alpha value is -2.49. The Morgan fingerprint density at radius 1 is 1.18 bits per heavy atom. The number of carboxylic acids is 1. The quantitative estimate of drug-likeness (QED) is 0.409. The highest BCUT2D eigenvalue weighted by Crippen LogP contribution is 2.62. The Morgan fingerprint density at radius 2 is 1.85 bits per heavy atom. The number of ether oxygens (including phenoxy) is 1. The number of hydrogen-bond acceptors (Lipinski definition) is 8. The summed E-state index contributed by atoms with van der Waals surface area (Å²) in [5.41, 5.74) is -2.25. The fourth-order valence-corrected chi connectivity index (χ4v) is 8.15. The fourth-order valence-electron chi connectivity index (χ4n) is 5.20. The molecule has 0 bridgehead atoms. The van der Waals surface area contributed by atoms with Gasteiger partial charge in [-0.3, -0.25) is 9.69 Å². The maximum Gasteiger partial charge on any atom is 0.452 e. The summed E-state index contributed by atoms with van der Waals surface area (Å²) in [6, 6.07) is 12.2. The van der Waals surface area contributed by atoms with Gasteiger partial charge in [0.25, 0.3) is 10.0 Å². The van der Waals surface area contributed by atoms with Crippen molar-refractivity contribution in [3.05, 3.63) is 59.9 Å². The zero-order valence-corrected chi connectivity index (χ0v) is 23.0. The van der Waals surface area contributed by atoms with Crippen molar-refractivity contribution >= 4 is 39.7 Å². The molecule has 2 fully saturated rings. The first-order valence-corrected chi connectivity index (χ1v) is 13.9. The molecule has 0 amide bonds. The van der Waals surface area contributed by atoms with Gasteiger partial charge in [0, 0.05) is 38.2 Å². The minimum Gasteiger partial charge on any atom is -0.480 e. The van der Waals surface area contributed by atoms with Gasteiger partial charge in [0.15, 0.2) is 0 Å². The first-order chi connectivity index (χ1) is 17.9. The highest BCUT2D eigenvalue weighted by molar-refractivity contribution is 7.91. The molecule has 2 atom stereocenters. The lowest BCUT2D eigenvalue weighted by atomic mass is 9.89. The van der Waals surface area contributed by atoms with Gasteiger partial charge in [-0.2, -0.15) is 17.5 Å². The van der Waals surface area contributed by atoms with Crippen molar-refractivity contribution in [3.63, 3.8) is 0 Å². The van der Waals surface area contributed by atoms with Gasteiger partial charge in [0.2, 0.25) is 5.76 Å². The molecule has 9 nitrogen and oxygen atoms in total. The lowest BCUT2D eigenvalue weighted by molar-refractivity contribution is -0.155. The van der Waals surface area contributed by atoms with Gasteiger partial charge in [0.05, 0.1) is 18.1 Å². The van der Waals surface area contributed by atoms with Crippen LogP contribution in [-0.4, -0.2) is 79.3 Å². The molecule has 2 unspecified atom stereocenters. The van der Waals surface area contributed by atoms with Crippen LogP contribution in [0.25, 0.3) is 10.6 Å². The number of carbonyl (C=O) groups is 1.